The van der Waals surface area contributed by atoms with E-state index in [-0.39, 0.29) is 127 Å². The summed E-state index contributed by atoms with van der Waals surface area (Å²) in [5.41, 5.74) is 11.0. The zero-order chi connectivity index (χ0) is 33.0. The number of aromatic nitrogens is 4. The van der Waals surface area contributed by atoms with Gasteiger partial charge in [-0.05, 0) is 123 Å². The van der Waals surface area contributed by atoms with Crippen molar-refractivity contribution in [2.45, 2.75) is 38.9 Å². The fraction of sp³-hybridized carbons (Fsp3) is 0.200. The maximum atomic E-state index is 13.4. The molecule has 0 saturated heterocycles. The molecule has 2 N–H and O–H groups in total. The van der Waals surface area contributed by atoms with Crippen molar-refractivity contribution in [2.24, 2.45) is 0 Å². The van der Waals surface area contributed by atoms with E-state index in [1.54, 1.807) is 24.3 Å². The van der Waals surface area contributed by atoms with Crippen molar-refractivity contribution in [3.63, 3.8) is 0 Å². The molecule has 0 amide bonds. The third kappa shape index (κ3) is 10.1. The van der Waals surface area contributed by atoms with Crippen LogP contribution in [-0.2, 0) is 22.3 Å². The molecule has 2 atom stereocenters. The van der Waals surface area contributed by atoms with Gasteiger partial charge in [0.15, 0.2) is 0 Å². The van der Waals surface area contributed by atoms with Gasteiger partial charge in [0.05, 0.1) is 48.2 Å². The van der Waals surface area contributed by atoms with Crippen LogP contribution in [0.4, 0.5) is 8.78 Å². The standard InChI is InChI=1S/C40H36F2N4O2.2K/c1-25(47-17-15-27-3-7-29(41)8-4-27)37-21-35-20-33-12-11-31(43-33)19-32-13-14-34(44-32)23-39-38(22-36(46-39)24-40(37)45-35)26(2)48-18-16-28-5-9-30(42)10-6-28;;/h3-14,19-26,45-46H,15-18H2,1-2H3;;. The van der Waals surface area contributed by atoms with Crippen molar-refractivity contribution >= 4 is 149 Å². The Kier molecular flexibility index (Phi) is 14.3. The van der Waals surface area contributed by atoms with Gasteiger partial charge in [0.2, 0.25) is 0 Å². The molecule has 5 aromatic rings. The number of nitrogens with zero attached hydrogens (tertiary/aromatic N) is 2. The van der Waals surface area contributed by atoms with Crippen LogP contribution in [0.15, 0.2) is 84.9 Å². The fourth-order valence-corrected chi connectivity index (χ4v) is 6.00. The van der Waals surface area contributed by atoms with Crippen LogP contribution in [0.25, 0.3) is 46.4 Å². The number of H-pyrrole nitrogens is 2. The van der Waals surface area contributed by atoms with Crippen LogP contribution in [0.5, 0.6) is 0 Å². The van der Waals surface area contributed by atoms with Crippen LogP contribution in [-0.4, -0.2) is 136 Å². The topological polar surface area (TPSA) is 75.8 Å². The van der Waals surface area contributed by atoms with Gasteiger partial charge in [0, 0.05) is 136 Å². The second kappa shape index (κ2) is 18.2. The van der Waals surface area contributed by atoms with Gasteiger partial charge in [-0.25, -0.2) is 18.7 Å². The first kappa shape index (κ1) is 39.3. The number of hydrogen-bond donors (Lipinski definition) is 2. The first-order valence-corrected chi connectivity index (χ1v) is 16.2. The van der Waals surface area contributed by atoms with Crippen LogP contribution in [0, 0.1) is 11.6 Å². The van der Waals surface area contributed by atoms with Crippen molar-refractivity contribution in [1.82, 2.24) is 19.9 Å². The van der Waals surface area contributed by atoms with Crippen LogP contribution in [0.1, 0.15) is 71.1 Å². The van der Waals surface area contributed by atoms with Crippen molar-refractivity contribution in [2.75, 3.05) is 13.2 Å². The molecule has 0 saturated carbocycles. The van der Waals surface area contributed by atoms with Crippen LogP contribution >= 0.6 is 0 Å². The molecular formula is C40H36F2K2N4O2. The molecule has 2 unspecified atom stereocenters. The van der Waals surface area contributed by atoms with Gasteiger partial charge >= 0.3 is 0 Å². The molecule has 6 nitrogen and oxygen atoms in total. The minimum atomic E-state index is -0.246. The van der Waals surface area contributed by atoms with Gasteiger partial charge in [-0.1, -0.05) is 24.3 Å². The van der Waals surface area contributed by atoms with E-state index in [2.05, 4.69) is 28.2 Å². The van der Waals surface area contributed by atoms with Gasteiger partial charge in [0.1, 0.15) is 11.6 Å². The van der Waals surface area contributed by atoms with Crippen molar-refractivity contribution in [3.05, 3.63) is 142 Å². The Balaban J connectivity index is 0.00000243. The number of nitrogens with one attached hydrogen (secondary N) is 2. The molecule has 2 aliphatic heterocycles. The number of fused-ring (bicyclic) bond motifs is 8. The minimum absolute atomic E-state index is 0. The number of halogens is 2. The third-order valence-corrected chi connectivity index (χ3v) is 8.58. The number of ether oxygens (including phenoxy) is 2. The first-order chi connectivity index (χ1) is 23.3. The molecule has 244 valence electrons. The number of benzene rings is 2. The summed E-state index contributed by atoms with van der Waals surface area (Å²) in [5.74, 6) is -0.491. The number of aromatic amines is 2. The molecule has 3 aromatic heterocycles. The summed E-state index contributed by atoms with van der Waals surface area (Å²) in [6.07, 6.45) is 8.89. The second-order valence-electron chi connectivity index (χ2n) is 12.1. The average molecular weight is 721 g/mol. The Hall–Kier alpha value is -1.91. The maximum absolute atomic E-state index is 13.4. The number of rotatable bonds is 10. The predicted molar refractivity (Wildman–Crippen MR) is 199 cm³/mol. The maximum Gasteiger partial charge on any atom is 0.123 e. The molecule has 0 aliphatic carbocycles. The fourth-order valence-electron chi connectivity index (χ4n) is 6.00. The SMILES string of the molecule is CC(OCCc1ccc(F)cc1)c1cc2cc3[nH]c(cc4nc(cc5nc(cc1[nH]2)C=C5)C=C4)cc3C(C)OCCc1ccc(F)cc1.[K].[K]. The van der Waals surface area contributed by atoms with E-state index in [1.807, 2.05) is 56.4 Å². The third-order valence-electron chi connectivity index (χ3n) is 8.58. The molecule has 0 spiro atoms. The molecule has 0 fully saturated rings. The van der Waals surface area contributed by atoms with Crippen molar-refractivity contribution in [1.29, 1.82) is 0 Å². The van der Waals surface area contributed by atoms with Gasteiger partial charge in [-0.15, -0.1) is 0 Å². The van der Waals surface area contributed by atoms with E-state index in [0.717, 1.165) is 67.1 Å². The van der Waals surface area contributed by atoms with E-state index < -0.39 is 0 Å². The normalized spacial score (nSPS) is 13.0. The Morgan fingerprint density at radius 2 is 0.940 bits per heavy atom. The summed E-state index contributed by atoms with van der Waals surface area (Å²) in [5, 5.41) is 0. The largest absolute Gasteiger partial charge is 0.373 e. The van der Waals surface area contributed by atoms with E-state index in [1.165, 1.54) is 24.3 Å². The Morgan fingerprint density at radius 1 is 0.540 bits per heavy atom. The predicted octanol–water partition coefficient (Wildman–Crippen LogP) is 8.81. The monoisotopic (exact) mass is 720 g/mol. The molecule has 7 rings (SSSR count). The second-order valence-corrected chi connectivity index (χ2v) is 12.1. The summed E-state index contributed by atoms with van der Waals surface area (Å²) in [7, 11) is 0. The zero-order valence-electron chi connectivity index (χ0n) is 28.8. The molecule has 10 heteroatoms. The van der Waals surface area contributed by atoms with Crippen molar-refractivity contribution in [3.8, 4) is 0 Å². The molecular weight excluding hydrogens is 685 g/mol. The number of hydrogen-bond acceptors (Lipinski definition) is 4. The Bertz CT molecular complexity index is 2160. The molecule has 2 aliphatic rings. The Labute approximate surface area is 375 Å². The van der Waals surface area contributed by atoms with Gasteiger partial charge in [0.25, 0.3) is 0 Å². The van der Waals surface area contributed by atoms with E-state index in [0.29, 0.717) is 26.1 Å². The molecule has 50 heavy (non-hydrogen) atoms. The smallest absolute Gasteiger partial charge is 0.123 e. The molecule has 2 aromatic carbocycles. The average Bonchev–Trinajstić information content (AvgIpc) is 3.88. The zero-order valence-corrected chi connectivity index (χ0v) is 35.1. The van der Waals surface area contributed by atoms with E-state index in [9.17, 15) is 8.78 Å². The quantitative estimate of drug-likeness (QED) is 0.139. The summed E-state index contributed by atoms with van der Waals surface area (Å²) < 4.78 is 39.4. The van der Waals surface area contributed by atoms with Gasteiger partial charge in [-0.3, -0.25) is 0 Å². The van der Waals surface area contributed by atoms with Crippen molar-refractivity contribution < 1.29 is 18.3 Å². The minimum Gasteiger partial charge on any atom is -0.373 e. The van der Waals surface area contributed by atoms with Gasteiger partial charge in [-0.2, -0.15) is 0 Å². The summed E-state index contributed by atoms with van der Waals surface area (Å²) >= 11 is 0. The summed E-state index contributed by atoms with van der Waals surface area (Å²) in [6, 6.07) is 25.4. The van der Waals surface area contributed by atoms with Crippen LogP contribution in [0.2, 0.25) is 0 Å². The Morgan fingerprint density at radius 3 is 1.42 bits per heavy atom. The van der Waals surface area contributed by atoms with Crippen LogP contribution < -0.4 is 0 Å². The van der Waals surface area contributed by atoms with Gasteiger partial charge < -0.3 is 19.4 Å². The summed E-state index contributed by atoms with van der Waals surface area (Å²) in [6.45, 7) is 5.07. The van der Waals surface area contributed by atoms with Crippen LogP contribution in [0.3, 0.4) is 0 Å². The van der Waals surface area contributed by atoms with E-state index >= 15 is 0 Å². The summed E-state index contributed by atoms with van der Waals surface area (Å²) in [4.78, 5) is 16.8. The molecule has 8 bridgehead atoms. The molecule has 5 heterocycles. The first-order valence-electron chi connectivity index (χ1n) is 16.2. The van der Waals surface area contributed by atoms with E-state index in [4.69, 9.17) is 19.4 Å². The molecule has 2 radical (unpaired) electrons.